The fourth-order valence-corrected chi connectivity index (χ4v) is 8.48. The molecule has 0 bridgehead atoms. The zero-order valence-corrected chi connectivity index (χ0v) is 37.7. The maximum absolute atomic E-state index is 11.0. The number of aliphatic carboxylic acids is 1. The quantitative estimate of drug-likeness (QED) is 0.0628. The van der Waals surface area contributed by atoms with E-state index < -0.39 is 5.97 Å². The van der Waals surface area contributed by atoms with Gasteiger partial charge in [0, 0.05) is 6.42 Å². The van der Waals surface area contributed by atoms with Crippen LogP contribution in [0.3, 0.4) is 0 Å². The lowest BCUT2D eigenvalue weighted by atomic mass is 10.0. The Balaban J connectivity index is 3.61. The summed E-state index contributed by atoms with van der Waals surface area (Å²) in [5.41, 5.74) is 0. The smallest absolute Gasteiger partial charge is 0.303 e. The molecule has 0 unspecified atom stereocenters. The molecule has 0 fully saturated rings. The molecule has 0 aliphatic carbocycles. The van der Waals surface area contributed by atoms with Crippen molar-refractivity contribution >= 4 is 5.97 Å². The van der Waals surface area contributed by atoms with Crippen molar-refractivity contribution in [2.45, 2.75) is 303 Å². The number of carboxylic acids is 1. The van der Waals surface area contributed by atoms with Crippen molar-refractivity contribution in [3.8, 4) is 0 Å². The molecular formula is C51H103NO2. The molecule has 0 spiro atoms. The van der Waals surface area contributed by atoms with Crippen LogP contribution >= 0.6 is 0 Å². The van der Waals surface area contributed by atoms with Gasteiger partial charge in [0.15, 0.2) is 0 Å². The highest BCUT2D eigenvalue weighted by atomic mass is 16.4. The molecular weight excluding hydrogens is 659 g/mol. The molecule has 0 radical (unpaired) electrons. The molecule has 0 saturated carbocycles. The Kier molecular flexibility index (Phi) is 48.1. The maximum Gasteiger partial charge on any atom is 0.303 e. The van der Waals surface area contributed by atoms with Crippen LogP contribution < -0.4 is 0 Å². The zero-order chi connectivity index (χ0) is 39.1. The van der Waals surface area contributed by atoms with Crippen molar-refractivity contribution in [3.63, 3.8) is 0 Å². The average Bonchev–Trinajstić information content (AvgIpc) is 3.17. The Morgan fingerprint density at radius 2 is 0.444 bits per heavy atom. The third kappa shape index (κ3) is 47.6. The van der Waals surface area contributed by atoms with Crippen LogP contribution in [-0.4, -0.2) is 35.6 Å². The minimum atomic E-state index is -0.643. The van der Waals surface area contributed by atoms with E-state index >= 15 is 0 Å². The summed E-state index contributed by atoms with van der Waals surface area (Å²) in [6.45, 7) is 8.12. The van der Waals surface area contributed by atoms with Crippen LogP contribution in [0.4, 0.5) is 0 Å². The lowest BCUT2D eigenvalue weighted by Gasteiger charge is -2.22. The molecule has 0 aliphatic heterocycles. The van der Waals surface area contributed by atoms with Gasteiger partial charge in [-0.1, -0.05) is 271 Å². The fourth-order valence-electron chi connectivity index (χ4n) is 8.48. The summed E-state index contributed by atoms with van der Waals surface area (Å²) < 4.78 is 0. The van der Waals surface area contributed by atoms with E-state index in [2.05, 4.69) is 18.7 Å². The normalized spacial score (nSPS) is 11.7. The van der Waals surface area contributed by atoms with Crippen LogP contribution in [0.5, 0.6) is 0 Å². The molecule has 0 aromatic carbocycles. The molecule has 0 rings (SSSR count). The van der Waals surface area contributed by atoms with Crippen LogP contribution in [0.15, 0.2) is 0 Å². The van der Waals surface area contributed by atoms with Gasteiger partial charge in [-0.15, -0.1) is 0 Å². The van der Waals surface area contributed by atoms with E-state index in [0.717, 1.165) is 19.4 Å². The van der Waals surface area contributed by atoms with Crippen molar-refractivity contribution in [1.82, 2.24) is 4.90 Å². The van der Waals surface area contributed by atoms with Crippen LogP contribution in [0, 0.1) is 0 Å². The Morgan fingerprint density at radius 1 is 0.278 bits per heavy atom. The molecule has 324 valence electrons. The third-order valence-electron chi connectivity index (χ3n) is 12.3. The van der Waals surface area contributed by atoms with Gasteiger partial charge in [-0.25, -0.2) is 0 Å². The van der Waals surface area contributed by atoms with E-state index in [0.29, 0.717) is 6.42 Å². The predicted molar refractivity (Wildman–Crippen MR) is 243 cm³/mol. The van der Waals surface area contributed by atoms with Gasteiger partial charge in [-0.3, -0.25) is 4.79 Å². The second-order valence-corrected chi connectivity index (χ2v) is 17.8. The van der Waals surface area contributed by atoms with Crippen molar-refractivity contribution in [3.05, 3.63) is 0 Å². The van der Waals surface area contributed by atoms with Gasteiger partial charge in [-0.05, 0) is 45.3 Å². The Bertz CT molecular complexity index is 634. The van der Waals surface area contributed by atoms with E-state index in [1.807, 2.05) is 0 Å². The first-order valence-corrected chi connectivity index (χ1v) is 25.6. The third-order valence-corrected chi connectivity index (χ3v) is 12.3. The van der Waals surface area contributed by atoms with Gasteiger partial charge < -0.3 is 10.0 Å². The number of nitrogens with zero attached hydrogens (tertiary/aromatic N) is 1. The van der Waals surface area contributed by atoms with Crippen LogP contribution in [0.25, 0.3) is 0 Å². The second-order valence-electron chi connectivity index (χ2n) is 17.8. The molecule has 0 saturated heterocycles. The Labute approximate surface area is 342 Å². The van der Waals surface area contributed by atoms with Crippen LogP contribution in [-0.2, 0) is 4.79 Å². The number of hydrogen-bond acceptors (Lipinski definition) is 2. The average molecular weight is 762 g/mol. The van der Waals surface area contributed by atoms with Crippen molar-refractivity contribution in [1.29, 1.82) is 0 Å². The van der Waals surface area contributed by atoms with Gasteiger partial charge in [0.1, 0.15) is 0 Å². The van der Waals surface area contributed by atoms with E-state index in [9.17, 15) is 4.79 Å². The van der Waals surface area contributed by atoms with Gasteiger partial charge >= 0.3 is 5.97 Å². The van der Waals surface area contributed by atoms with Gasteiger partial charge in [0.05, 0.1) is 0 Å². The first-order chi connectivity index (χ1) is 26.7. The van der Waals surface area contributed by atoms with Gasteiger partial charge in [0.2, 0.25) is 0 Å². The molecule has 54 heavy (non-hydrogen) atoms. The van der Waals surface area contributed by atoms with Crippen molar-refractivity contribution < 1.29 is 9.90 Å². The fraction of sp³-hybridized carbons (Fsp3) is 0.980. The molecule has 0 amide bonds. The molecule has 3 nitrogen and oxygen atoms in total. The number of rotatable bonds is 49. The highest BCUT2D eigenvalue weighted by Crippen LogP contribution is 2.17. The van der Waals surface area contributed by atoms with Crippen LogP contribution in [0.1, 0.15) is 303 Å². The van der Waals surface area contributed by atoms with Crippen molar-refractivity contribution in [2.75, 3.05) is 19.6 Å². The van der Waals surface area contributed by atoms with Gasteiger partial charge in [-0.2, -0.15) is 0 Å². The number of hydrogen-bond donors (Lipinski definition) is 1. The molecule has 0 aliphatic rings. The van der Waals surface area contributed by atoms with E-state index in [-0.39, 0.29) is 0 Å². The van der Waals surface area contributed by atoms with E-state index in [1.165, 1.54) is 283 Å². The topological polar surface area (TPSA) is 40.5 Å². The summed E-state index contributed by atoms with van der Waals surface area (Å²) in [6.07, 6.45) is 62.5. The maximum atomic E-state index is 11.0. The number of carboxylic acid groups (broad SMARTS) is 1. The van der Waals surface area contributed by atoms with E-state index in [1.54, 1.807) is 0 Å². The van der Waals surface area contributed by atoms with Gasteiger partial charge in [0.25, 0.3) is 0 Å². The molecule has 1 N–H and O–H groups in total. The summed E-state index contributed by atoms with van der Waals surface area (Å²) in [5, 5.41) is 9.04. The second kappa shape index (κ2) is 48.6. The number of unbranched alkanes of at least 4 members (excludes halogenated alkanes) is 41. The van der Waals surface area contributed by atoms with Crippen LogP contribution in [0.2, 0.25) is 0 Å². The highest BCUT2D eigenvalue weighted by Gasteiger charge is 2.06. The van der Waals surface area contributed by atoms with Crippen molar-refractivity contribution in [2.24, 2.45) is 0 Å². The zero-order valence-electron chi connectivity index (χ0n) is 37.7. The minimum Gasteiger partial charge on any atom is -0.481 e. The standard InChI is InChI=1S/C51H103NO2/c1-3-5-7-9-11-13-15-17-19-21-23-25-27-29-31-33-35-37-39-41-44-48-52(50-46-43-47-51(53)54)49-45-42-40-38-36-34-32-30-28-26-24-22-20-18-16-14-12-10-8-6-4-2/h3-50H2,1-2H3,(H,53,54). The lowest BCUT2D eigenvalue weighted by Crippen LogP contribution is -2.27. The molecule has 0 atom stereocenters. The molecule has 0 aromatic heterocycles. The molecule has 3 heteroatoms. The minimum absolute atomic E-state index is 0.326. The largest absolute Gasteiger partial charge is 0.481 e. The SMILES string of the molecule is CCCCCCCCCCCCCCCCCCCCCCCN(CCCCCCCCCCCCCCCCCCCCCCC)CCCCC(=O)O. The number of carbonyl (C=O) groups is 1. The first-order valence-electron chi connectivity index (χ1n) is 25.6. The first kappa shape index (κ1) is 53.4. The summed E-state index contributed by atoms with van der Waals surface area (Å²) in [7, 11) is 0. The predicted octanol–water partition coefficient (Wildman–Crippen LogP) is 18.0. The van der Waals surface area contributed by atoms with E-state index in [4.69, 9.17) is 5.11 Å². The summed E-state index contributed by atoms with van der Waals surface area (Å²) in [5.74, 6) is -0.643. The summed E-state index contributed by atoms with van der Waals surface area (Å²) >= 11 is 0. The monoisotopic (exact) mass is 762 g/mol. The summed E-state index contributed by atoms with van der Waals surface area (Å²) in [4.78, 5) is 13.6. The highest BCUT2D eigenvalue weighted by molar-refractivity contribution is 5.66. The Hall–Kier alpha value is -0.570. The molecule has 0 aromatic rings. The Morgan fingerprint density at radius 3 is 0.630 bits per heavy atom. The summed E-state index contributed by atoms with van der Waals surface area (Å²) in [6, 6.07) is 0. The molecule has 0 heterocycles. The lowest BCUT2D eigenvalue weighted by molar-refractivity contribution is -0.137.